The van der Waals surface area contributed by atoms with Gasteiger partial charge in [-0.1, -0.05) is 11.6 Å². The number of anilines is 1. The minimum Gasteiger partial charge on any atom is -0.381 e. The van der Waals surface area contributed by atoms with Gasteiger partial charge in [-0.2, -0.15) is 0 Å². The van der Waals surface area contributed by atoms with E-state index in [-0.39, 0.29) is 5.91 Å². The lowest BCUT2D eigenvalue weighted by Gasteiger charge is -2.20. The highest BCUT2D eigenvalue weighted by Gasteiger charge is 2.17. The predicted molar refractivity (Wildman–Crippen MR) is 83.6 cm³/mol. The average molecular weight is 296 g/mol. The molecule has 20 heavy (non-hydrogen) atoms. The molecule has 2 atom stereocenters. The summed E-state index contributed by atoms with van der Waals surface area (Å²) in [6.07, 6.45) is 3.54. The maximum Gasteiger partial charge on any atom is 0.251 e. The molecule has 2 rings (SSSR count). The summed E-state index contributed by atoms with van der Waals surface area (Å²) >= 11 is 6.19. The van der Waals surface area contributed by atoms with Crippen molar-refractivity contribution >= 4 is 23.2 Å². The Balaban J connectivity index is 2.01. The van der Waals surface area contributed by atoms with Crippen molar-refractivity contribution in [1.82, 2.24) is 10.6 Å². The van der Waals surface area contributed by atoms with Crippen molar-refractivity contribution in [2.75, 3.05) is 18.9 Å². The summed E-state index contributed by atoms with van der Waals surface area (Å²) < 4.78 is 0. The molecule has 1 aliphatic heterocycles. The molecule has 5 heteroatoms. The van der Waals surface area contributed by atoms with E-state index in [1.165, 1.54) is 12.8 Å². The fourth-order valence-electron chi connectivity index (χ4n) is 2.63. The molecule has 0 aromatic heterocycles. The van der Waals surface area contributed by atoms with Gasteiger partial charge < -0.3 is 16.0 Å². The minimum absolute atomic E-state index is 0.102. The first-order valence-electron chi connectivity index (χ1n) is 7.11. The molecule has 0 radical (unpaired) electrons. The van der Waals surface area contributed by atoms with E-state index in [1.807, 2.05) is 0 Å². The zero-order valence-corrected chi connectivity index (χ0v) is 12.8. The van der Waals surface area contributed by atoms with Crippen molar-refractivity contribution in [3.05, 3.63) is 28.8 Å². The Morgan fingerprint density at radius 3 is 3.00 bits per heavy atom. The van der Waals surface area contributed by atoms with Gasteiger partial charge in [0.05, 0.1) is 10.7 Å². The van der Waals surface area contributed by atoms with Gasteiger partial charge in [0.15, 0.2) is 0 Å². The van der Waals surface area contributed by atoms with Crippen molar-refractivity contribution < 1.29 is 4.79 Å². The molecule has 1 fully saturated rings. The molecule has 2 unspecified atom stereocenters. The summed E-state index contributed by atoms with van der Waals surface area (Å²) in [6, 6.07) is 6.19. The molecular formula is C15H22ClN3O. The van der Waals surface area contributed by atoms with E-state index in [4.69, 9.17) is 11.6 Å². The van der Waals surface area contributed by atoms with Gasteiger partial charge in [0, 0.05) is 24.7 Å². The molecule has 1 aromatic rings. The van der Waals surface area contributed by atoms with Gasteiger partial charge in [0.1, 0.15) is 0 Å². The van der Waals surface area contributed by atoms with Crippen molar-refractivity contribution in [2.45, 2.75) is 38.3 Å². The summed E-state index contributed by atoms with van der Waals surface area (Å²) in [4.78, 5) is 11.6. The molecule has 3 N–H and O–H groups in total. The summed E-state index contributed by atoms with van der Waals surface area (Å²) in [7, 11) is 1.62. The zero-order chi connectivity index (χ0) is 14.5. The number of amides is 1. The number of nitrogens with one attached hydrogen (secondary N) is 3. The van der Waals surface area contributed by atoms with Crippen LogP contribution in [0.1, 0.15) is 36.5 Å². The van der Waals surface area contributed by atoms with Crippen LogP contribution in [0.5, 0.6) is 0 Å². The van der Waals surface area contributed by atoms with Crippen molar-refractivity contribution in [1.29, 1.82) is 0 Å². The number of rotatable bonds is 5. The lowest BCUT2D eigenvalue weighted by atomic mass is 10.1. The summed E-state index contributed by atoms with van der Waals surface area (Å²) in [5, 5.41) is 10.2. The maximum absolute atomic E-state index is 11.6. The minimum atomic E-state index is -0.102. The smallest absolute Gasteiger partial charge is 0.251 e. The summed E-state index contributed by atoms with van der Waals surface area (Å²) in [6.45, 7) is 3.26. The van der Waals surface area contributed by atoms with E-state index < -0.39 is 0 Å². The molecule has 1 aliphatic rings. The summed E-state index contributed by atoms with van der Waals surface area (Å²) in [5.74, 6) is -0.102. The monoisotopic (exact) mass is 295 g/mol. The Labute approximate surface area is 125 Å². The molecule has 1 amide bonds. The molecule has 0 bridgehead atoms. The first-order chi connectivity index (χ1) is 9.60. The van der Waals surface area contributed by atoms with E-state index in [0.717, 1.165) is 18.7 Å². The molecule has 0 aliphatic carbocycles. The van der Waals surface area contributed by atoms with Gasteiger partial charge >= 0.3 is 0 Å². The van der Waals surface area contributed by atoms with E-state index >= 15 is 0 Å². The van der Waals surface area contributed by atoms with Crippen LogP contribution in [0.25, 0.3) is 0 Å². The zero-order valence-electron chi connectivity index (χ0n) is 12.0. The molecule has 1 aromatic carbocycles. The van der Waals surface area contributed by atoms with Crippen LogP contribution in [-0.2, 0) is 0 Å². The fraction of sp³-hybridized carbons (Fsp3) is 0.533. The first kappa shape index (κ1) is 15.1. The lowest BCUT2D eigenvalue weighted by Crippen LogP contribution is -2.29. The summed E-state index contributed by atoms with van der Waals surface area (Å²) in [5.41, 5.74) is 1.43. The fourth-order valence-corrected chi connectivity index (χ4v) is 2.80. The Morgan fingerprint density at radius 2 is 2.35 bits per heavy atom. The quantitative estimate of drug-likeness (QED) is 0.783. The molecule has 110 valence electrons. The lowest BCUT2D eigenvalue weighted by molar-refractivity contribution is 0.0963. The third-order valence-electron chi connectivity index (χ3n) is 3.66. The number of carbonyl (C=O) groups is 1. The molecule has 0 saturated carbocycles. The average Bonchev–Trinajstić information content (AvgIpc) is 2.93. The second-order valence-electron chi connectivity index (χ2n) is 5.35. The van der Waals surface area contributed by atoms with Crippen LogP contribution >= 0.6 is 11.6 Å². The highest BCUT2D eigenvalue weighted by Crippen LogP contribution is 2.25. The number of halogens is 1. The SMILES string of the molecule is CNC(=O)c1ccc(Cl)c(NC(C)CC2CCCN2)c1. The van der Waals surface area contributed by atoms with Crippen LogP contribution in [0.4, 0.5) is 5.69 Å². The van der Waals surface area contributed by atoms with Crippen LogP contribution < -0.4 is 16.0 Å². The number of carbonyl (C=O) groups excluding carboxylic acids is 1. The van der Waals surface area contributed by atoms with Gasteiger partial charge in [-0.15, -0.1) is 0 Å². The molecule has 0 spiro atoms. The second-order valence-corrected chi connectivity index (χ2v) is 5.76. The topological polar surface area (TPSA) is 53.2 Å². The molecule has 1 saturated heterocycles. The van der Waals surface area contributed by atoms with Gasteiger partial charge in [0.25, 0.3) is 5.91 Å². The molecule has 4 nitrogen and oxygen atoms in total. The number of benzene rings is 1. The standard InChI is InChI=1S/C15H22ClN3O/c1-10(8-12-4-3-7-18-12)19-14-9-11(15(20)17-2)5-6-13(14)16/h5-6,9-10,12,18-19H,3-4,7-8H2,1-2H3,(H,17,20). The van der Waals surface area contributed by atoms with Crippen molar-refractivity contribution in [3.63, 3.8) is 0 Å². The Morgan fingerprint density at radius 1 is 1.55 bits per heavy atom. The van der Waals surface area contributed by atoms with E-state index in [9.17, 15) is 4.79 Å². The van der Waals surface area contributed by atoms with Crippen molar-refractivity contribution in [2.24, 2.45) is 0 Å². The van der Waals surface area contributed by atoms with E-state index in [0.29, 0.717) is 22.7 Å². The number of hydrogen-bond donors (Lipinski definition) is 3. The number of hydrogen-bond acceptors (Lipinski definition) is 3. The van der Waals surface area contributed by atoms with E-state index in [1.54, 1.807) is 25.2 Å². The molecular weight excluding hydrogens is 274 g/mol. The predicted octanol–water partition coefficient (Wildman–Crippen LogP) is 2.64. The molecule has 1 heterocycles. The third-order valence-corrected chi connectivity index (χ3v) is 3.99. The largest absolute Gasteiger partial charge is 0.381 e. The van der Waals surface area contributed by atoms with Crippen LogP contribution in [0, 0.1) is 0 Å². The first-order valence-corrected chi connectivity index (χ1v) is 7.49. The van der Waals surface area contributed by atoms with Crippen molar-refractivity contribution in [3.8, 4) is 0 Å². The van der Waals surface area contributed by atoms with Crippen LogP contribution in [-0.4, -0.2) is 31.6 Å². The van der Waals surface area contributed by atoms with Crippen LogP contribution in [0.2, 0.25) is 5.02 Å². The highest BCUT2D eigenvalue weighted by atomic mass is 35.5. The Bertz CT molecular complexity index is 472. The third kappa shape index (κ3) is 3.87. The normalized spacial score (nSPS) is 19.6. The highest BCUT2D eigenvalue weighted by molar-refractivity contribution is 6.33. The van der Waals surface area contributed by atoms with Gasteiger partial charge in [-0.05, 0) is 50.9 Å². The van der Waals surface area contributed by atoms with Crippen LogP contribution in [0.3, 0.4) is 0 Å². The Hall–Kier alpha value is -1.26. The van der Waals surface area contributed by atoms with Gasteiger partial charge in [-0.3, -0.25) is 4.79 Å². The van der Waals surface area contributed by atoms with E-state index in [2.05, 4.69) is 22.9 Å². The Kier molecular flexibility index (Phi) is 5.26. The van der Waals surface area contributed by atoms with Gasteiger partial charge in [-0.25, -0.2) is 0 Å². The second kappa shape index (κ2) is 6.95. The van der Waals surface area contributed by atoms with Crippen LogP contribution in [0.15, 0.2) is 18.2 Å². The van der Waals surface area contributed by atoms with Gasteiger partial charge in [0.2, 0.25) is 0 Å². The maximum atomic E-state index is 11.6.